The monoisotopic (exact) mass is 670 g/mol. The van der Waals surface area contributed by atoms with Crippen molar-refractivity contribution >= 4 is 32.5 Å². The van der Waals surface area contributed by atoms with Crippen LogP contribution in [0.15, 0.2) is 109 Å². The van der Waals surface area contributed by atoms with Crippen LogP contribution in [0, 0.1) is 23.3 Å². The lowest BCUT2D eigenvalue weighted by molar-refractivity contribution is 0.583. The van der Waals surface area contributed by atoms with Gasteiger partial charge in [0.15, 0.2) is 0 Å². The Labute approximate surface area is 281 Å². The Hall–Kier alpha value is -4.37. The van der Waals surface area contributed by atoms with E-state index in [0.717, 1.165) is 55.9 Å². The molecule has 0 aliphatic carbocycles. The minimum absolute atomic E-state index is 0.226. The molecule has 0 fully saturated rings. The molecule has 0 saturated carbocycles. The quantitative estimate of drug-likeness (QED) is 0.173. The first-order valence-electron chi connectivity index (χ1n) is 15.6. The van der Waals surface area contributed by atoms with E-state index in [2.05, 4.69) is 4.72 Å². The third-order valence-corrected chi connectivity index (χ3v) is 9.70. The maximum Gasteiger partial charge on any atom is 0.126 e. The normalized spacial score (nSPS) is 13.5. The molecule has 0 aliphatic rings. The number of nitrogens with two attached hydrogens (primary N) is 1. The molecule has 0 spiro atoms. The second-order valence-electron chi connectivity index (χ2n) is 12.8. The molecular weight excluding hydrogens is 633 g/mol. The Morgan fingerprint density at radius 2 is 1.00 bits per heavy atom. The smallest absolute Gasteiger partial charge is 0.126 e. The van der Waals surface area contributed by atoms with E-state index in [9.17, 15) is 21.8 Å². The molecular formula is C40H38F4N2OS. The summed E-state index contributed by atoms with van der Waals surface area (Å²) in [6.45, 7) is 9.46. The van der Waals surface area contributed by atoms with Crippen molar-refractivity contribution in [2.75, 3.05) is 0 Å². The fourth-order valence-electron chi connectivity index (χ4n) is 5.76. The average molecular weight is 671 g/mol. The zero-order valence-corrected chi connectivity index (χ0v) is 28.3. The van der Waals surface area contributed by atoms with Crippen molar-refractivity contribution in [2.24, 2.45) is 5.73 Å². The number of rotatable bonds is 6. The van der Waals surface area contributed by atoms with Crippen molar-refractivity contribution in [1.29, 1.82) is 0 Å². The van der Waals surface area contributed by atoms with Crippen molar-refractivity contribution in [3.8, 4) is 22.3 Å². The Balaban J connectivity index is 0.000000194. The van der Waals surface area contributed by atoms with E-state index in [4.69, 9.17) is 5.73 Å². The van der Waals surface area contributed by atoms with Gasteiger partial charge in [-0.25, -0.2) is 26.5 Å². The summed E-state index contributed by atoms with van der Waals surface area (Å²) in [5.41, 5.74) is 10.3. The van der Waals surface area contributed by atoms with E-state index >= 15 is 0 Å². The predicted octanol–water partition coefficient (Wildman–Crippen LogP) is 10.7. The summed E-state index contributed by atoms with van der Waals surface area (Å²) in [4.78, 5) is 0. The van der Waals surface area contributed by atoms with Gasteiger partial charge in [0.25, 0.3) is 0 Å². The summed E-state index contributed by atoms with van der Waals surface area (Å²) in [6, 6.07) is 29.9. The summed E-state index contributed by atoms with van der Waals surface area (Å²) in [5, 5.41) is 3.83. The van der Waals surface area contributed by atoms with Crippen LogP contribution in [0.4, 0.5) is 17.6 Å². The Bertz CT molecular complexity index is 2080. The van der Waals surface area contributed by atoms with E-state index in [1.807, 2.05) is 107 Å². The molecule has 8 heteroatoms. The van der Waals surface area contributed by atoms with Crippen molar-refractivity contribution < 1.29 is 21.8 Å². The maximum absolute atomic E-state index is 13.9. The fourth-order valence-corrected chi connectivity index (χ4v) is 6.56. The van der Waals surface area contributed by atoms with E-state index in [1.165, 1.54) is 24.3 Å². The molecule has 6 aromatic rings. The van der Waals surface area contributed by atoms with Gasteiger partial charge in [-0.3, -0.25) is 0 Å². The molecule has 3 N–H and O–H groups in total. The minimum atomic E-state index is -1.27. The fraction of sp³-hybridized carbons (Fsp3) is 0.200. The standard InChI is InChI=1S/C22H23F2NOS.C18H15F2N/c1-14(25-27(26)22(2,3)4)19-10-9-15-7-5-6-8-20(15)21(19)16-11-17(23)13-18(24)12-16;1-11(21)16-7-6-12-4-2-3-5-17(12)18(16)13-8-14(19)10-15(20)9-13/h5-14,25H,1-4H3;2-11H,21H2,1H3. The molecule has 0 heterocycles. The number of benzene rings is 6. The van der Waals surface area contributed by atoms with E-state index < -0.39 is 39.0 Å². The summed E-state index contributed by atoms with van der Waals surface area (Å²) in [6.07, 6.45) is 0. The van der Waals surface area contributed by atoms with Crippen LogP contribution in [0.25, 0.3) is 43.8 Å². The molecule has 6 aromatic carbocycles. The van der Waals surface area contributed by atoms with E-state index in [0.29, 0.717) is 11.1 Å². The highest BCUT2D eigenvalue weighted by Gasteiger charge is 2.24. The number of hydrogen-bond donors (Lipinski definition) is 2. The molecule has 6 rings (SSSR count). The zero-order valence-electron chi connectivity index (χ0n) is 27.5. The molecule has 0 amide bonds. The highest BCUT2D eigenvalue weighted by Crippen LogP contribution is 2.37. The first kappa shape index (κ1) is 35.0. The van der Waals surface area contributed by atoms with Gasteiger partial charge in [0.1, 0.15) is 23.3 Å². The van der Waals surface area contributed by atoms with E-state index in [1.54, 1.807) is 0 Å². The number of hydrogen-bond acceptors (Lipinski definition) is 2. The first-order valence-corrected chi connectivity index (χ1v) is 16.8. The van der Waals surface area contributed by atoms with Crippen molar-refractivity contribution in [2.45, 2.75) is 51.4 Å². The summed E-state index contributed by atoms with van der Waals surface area (Å²) >= 11 is 0. The van der Waals surface area contributed by atoms with Gasteiger partial charge < -0.3 is 5.73 Å². The first-order chi connectivity index (χ1) is 22.7. The van der Waals surface area contributed by atoms with E-state index in [-0.39, 0.29) is 12.1 Å². The second-order valence-corrected chi connectivity index (χ2v) is 14.8. The Morgan fingerprint density at radius 3 is 1.42 bits per heavy atom. The van der Waals surface area contributed by atoms with Gasteiger partial charge in [0.05, 0.1) is 15.7 Å². The number of halogens is 4. The number of fused-ring (bicyclic) bond motifs is 2. The van der Waals surface area contributed by atoms with Gasteiger partial charge in [-0.2, -0.15) is 0 Å². The van der Waals surface area contributed by atoms with Crippen LogP contribution < -0.4 is 10.5 Å². The molecule has 0 aromatic heterocycles. The highest BCUT2D eigenvalue weighted by molar-refractivity contribution is 7.84. The van der Waals surface area contributed by atoms with Crippen LogP contribution >= 0.6 is 0 Å². The summed E-state index contributed by atoms with van der Waals surface area (Å²) in [7, 11) is -1.27. The van der Waals surface area contributed by atoms with Crippen molar-refractivity contribution in [3.63, 3.8) is 0 Å². The topological polar surface area (TPSA) is 55.1 Å². The Kier molecular flexibility index (Phi) is 10.5. The van der Waals surface area contributed by atoms with Crippen LogP contribution in [0.2, 0.25) is 0 Å². The zero-order chi connectivity index (χ0) is 34.7. The SMILES string of the molecule is CC(N)c1ccc2ccccc2c1-c1cc(F)cc(F)c1.CC(NS(=O)C(C)(C)C)c1ccc2ccccc2c1-c1cc(F)cc(F)c1. The van der Waals surface area contributed by atoms with Gasteiger partial charge in [0, 0.05) is 24.2 Å². The van der Waals surface area contributed by atoms with Crippen molar-refractivity contribution in [1.82, 2.24) is 4.72 Å². The minimum Gasteiger partial charge on any atom is -0.324 e. The highest BCUT2D eigenvalue weighted by atomic mass is 32.2. The third kappa shape index (κ3) is 7.84. The summed E-state index contributed by atoms with van der Waals surface area (Å²) < 4.78 is 70.2. The molecule has 3 nitrogen and oxygen atoms in total. The van der Waals surface area contributed by atoms with Gasteiger partial charge in [-0.1, -0.05) is 72.8 Å². The third-order valence-electron chi connectivity index (χ3n) is 8.02. The Morgan fingerprint density at radius 1 is 0.604 bits per heavy atom. The molecule has 48 heavy (non-hydrogen) atoms. The predicted molar refractivity (Wildman–Crippen MR) is 191 cm³/mol. The van der Waals surface area contributed by atoms with Crippen LogP contribution in [0.5, 0.6) is 0 Å². The molecule has 3 unspecified atom stereocenters. The number of nitrogens with one attached hydrogen (secondary N) is 1. The molecule has 0 saturated heterocycles. The van der Waals surface area contributed by atoms with Crippen LogP contribution in [0.1, 0.15) is 57.8 Å². The average Bonchev–Trinajstić information content (AvgIpc) is 3.02. The molecule has 0 bridgehead atoms. The molecule has 0 aliphatic heterocycles. The summed E-state index contributed by atoms with van der Waals surface area (Å²) in [5.74, 6) is -2.42. The molecule has 248 valence electrons. The van der Waals surface area contributed by atoms with Crippen LogP contribution in [-0.2, 0) is 11.0 Å². The largest absolute Gasteiger partial charge is 0.324 e. The lowest BCUT2D eigenvalue weighted by Gasteiger charge is -2.24. The second kappa shape index (κ2) is 14.4. The molecule has 0 radical (unpaired) electrons. The van der Waals surface area contributed by atoms with Gasteiger partial charge in [-0.05, 0) is 114 Å². The van der Waals surface area contributed by atoms with Crippen LogP contribution in [-0.4, -0.2) is 8.96 Å². The van der Waals surface area contributed by atoms with Crippen molar-refractivity contribution in [3.05, 3.63) is 144 Å². The lowest BCUT2D eigenvalue weighted by Crippen LogP contribution is -2.35. The lowest BCUT2D eigenvalue weighted by atomic mass is 9.90. The van der Waals surface area contributed by atoms with Gasteiger partial charge in [0.2, 0.25) is 0 Å². The van der Waals surface area contributed by atoms with Crippen LogP contribution in [0.3, 0.4) is 0 Å². The molecule has 3 atom stereocenters. The van der Waals surface area contributed by atoms with Gasteiger partial charge in [-0.15, -0.1) is 0 Å². The maximum atomic E-state index is 13.9. The van der Waals surface area contributed by atoms with Gasteiger partial charge >= 0.3 is 0 Å².